The molecule has 0 radical (unpaired) electrons. The van der Waals surface area contributed by atoms with E-state index in [9.17, 15) is 0 Å². The third-order valence-electron chi connectivity index (χ3n) is 21.8. The minimum Gasteiger partial charge on any atom is -0.494 e. The summed E-state index contributed by atoms with van der Waals surface area (Å²) in [6.45, 7) is 11.4. The Balaban J connectivity index is 0.618. The molecule has 2 fully saturated rings. The average Bonchev–Trinajstić information content (AvgIpc) is 0.802. The van der Waals surface area contributed by atoms with Crippen LogP contribution in [0.15, 0.2) is 394 Å². The van der Waals surface area contributed by atoms with E-state index in [1.54, 1.807) is 0 Å². The van der Waals surface area contributed by atoms with Gasteiger partial charge >= 0.3 is 0 Å². The van der Waals surface area contributed by atoms with Crippen molar-refractivity contribution in [2.75, 3.05) is 90.6 Å². The fraction of sp³-hybridized carbons (Fsp3) is 0.167. The van der Waals surface area contributed by atoms with E-state index in [2.05, 4.69) is 360 Å². The van der Waals surface area contributed by atoms with E-state index in [1.165, 1.54) is 0 Å². The van der Waals surface area contributed by atoms with Gasteiger partial charge < -0.3 is 62.4 Å². The van der Waals surface area contributed by atoms with Gasteiger partial charge in [-0.05, 0) is 254 Å². The molecule has 0 aliphatic carbocycles. The number of hydrogen-bond donors (Lipinski definition) is 0. The predicted octanol–water partition coefficient (Wildman–Crippen LogP) is 28.4. The Morgan fingerprint density at radius 2 is 0.430 bits per heavy atom. The smallest absolute Gasteiger partial charge is 0.129 e. The lowest BCUT2D eigenvalue weighted by molar-refractivity contribution is -0.138. The van der Waals surface area contributed by atoms with Crippen LogP contribution in [0.3, 0.4) is 0 Å². The van der Waals surface area contributed by atoms with Crippen LogP contribution in [-0.4, -0.2) is 66.1 Å². The van der Waals surface area contributed by atoms with Crippen LogP contribution in [0.4, 0.5) is 85.3 Å². The Labute approximate surface area is 710 Å². The Morgan fingerprint density at radius 1 is 0.215 bits per heavy atom. The molecule has 2 heterocycles. The Bertz CT molecular complexity index is 5690. The normalized spacial score (nSPS) is 13.0. The molecule has 13 nitrogen and oxygen atoms in total. The maximum Gasteiger partial charge on any atom is 0.129 e. The number of rotatable bonds is 37. The van der Waals surface area contributed by atoms with Gasteiger partial charge in [-0.1, -0.05) is 178 Å². The first-order valence-corrected chi connectivity index (χ1v) is 41.9. The number of anilines is 15. The highest BCUT2D eigenvalue weighted by Crippen LogP contribution is 2.45. The van der Waals surface area contributed by atoms with Crippen LogP contribution in [0.2, 0.25) is 0 Å². The van der Waals surface area contributed by atoms with Gasteiger partial charge in [0.05, 0.1) is 52.9 Å². The number of para-hydroxylation sites is 5. The fourth-order valence-corrected chi connectivity index (χ4v) is 15.4. The van der Waals surface area contributed by atoms with Gasteiger partial charge in [-0.15, -0.1) is 0 Å². The monoisotopic (exact) mass is 1590 g/mol. The maximum absolute atomic E-state index is 6.88. The maximum atomic E-state index is 6.88. The van der Waals surface area contributed by atoms with Crippen LogP contribution in [0, 0.1) is 10.8 Å². The van der Waals surface area contributed by atoms with Crippen molar-refractivity contribution in [1.29, 1.82) is 0 Å². The van der Waals surface area contributed by atoms with Gasteiger partial charge in [0, 0.05) is 134 Å². The molecule has 121 heavy (non-hydrogen) atoms. The molecule has 15 aromatic carbocycles. The van der Waals surface area contributed by atoms with Crippen LogP contribution in [-0.2, 0) is 18.9 Å². The van der Waals surface area contributed by atoms with Crippen LogP contribution in [0.5, 0.6) is 34.5 Å². The molecule has 604 valence electrons. The van der Waals surface area contributed by atoms with E-state index >= 15 is 0 Å². The van der Waals surface area contributed by atoms with Crippen molar-refractivity contribution in [3.05, 3.63) is 394 Å². The van der Waals surface area contributed by atoms with Crippen LogP contribution < -0.4 is 43.4 Å². The quantitative estimate of drug-likeness (QED) is 0.0347. The molecule has 0 N–H and O–H groups in total. The minimum absolute atomic E-state index is 0.122. The molecule has 0 amide bonds. The highest BCUT2D eigenvalue weighted by atomic mass is 16.5. The summed E-state index contributed by atoms with van der Waals surface area (Å²) in [5, 5.41) is 0. The molecule has 13 heteroatoms. The van der Waals surface area contributed by atoms with Gasteiger partial charge in [0.25, 0.3) is 0 Å². The molecule has 0 aromatic heterocycles. The molecule has 15 aromatic rings. The van der Waals surface area contributed by atoms with Gasteiger partial charge in [-0.2, -0.15) is 0 Å². The molecule has 0 atom stereocenters. The SMILES string of the molecule is CC1(COCCCCOc2cccc(N(c3ccc(Oc4cccc(N(c5ccc(-c6ccc(N(c7ccccc7)c7ccccc7)cc6)cc5)c5cccc(OCCCCOCC6(C)COC6)c5)c4)cc3)c3ccc(-c4ccc(N(c5ccccc5)c5cccc(Oc6ccc(N(c7ccccc7)c7ccccc7)cc6)c5)cc4)cc3)c2)COC1. The minimum atomic E-state index is 0.122. The molecule has 17 rings (SSSR count). The summed E-state index contributed by atoms with van der Waals surface area (Å²) in [5.41, 5.74) is 19.7. The zero-order valence-corrected chi connectivity index (χ0v) is 68.4. The molecule has 0 bridgehead atoms. The molecule has 2 aliphatic rings. The van der Waals surface area contributed by atoms with E-state index in [4.69, 9.17) is 37.9 Å². The fourth-order valence-electron chi connectivity index (χ4n) is 15.4. The molecule has 2 saturated heterocycles. The summed E-state index contributed by atoms with van der Waals surface area (Å²) in [7, 11) is 0. The van der Waals surface area contributed by atoms with Crippen molar-refractivity contribution in [2.24, 2.45) is 10.8 Å². The lowest BCUT2D eigenvalue weighted by Gasteiger charge is -2.37. The van der Waals surface area contributed by atoms with Gasteiger partial charge in [0.1, 0.15) is 34.5 Å². The number of unbranched alkanes of at least 4 members (excludes halogenated alkanes) is 2. The molecule has 0 saturated carbocycles. The second-order valence-electron chi connectivity index (χ2n) is 31.5. The van der Waals surface area contributed by atoms with E-state index in [0.717, 1.165) is 183 Å². The molecular formula is C108H99N5O8. The molecule has 0 unspecified atom stereocenters. The topological polar surface area (TPSA) is 90.0 Å². The third kappa shape index (κ3) is 20.0. The highest BCUT2D eigenvalue weighted by molar-refractivity contribution is 5.85. The van der Waals surface area contributed by atoms with Crippen LogP contribution in [0.25, 0.3) is 22.3 Å². The molecule has 2 aliphatic heterocycles. The standard InChI is InChI=1S/C108H99N5O8/c1-107(78-116-79-107)76-114-68-18-20-70-118-103-40-22-36-97(72-103)112(93-56-48-84(49-57-93)83-46-54-92(55-47-83)111(90-34-16-7-17-35-90)99-38-24-42-105(74-99)120-101-64-60-95(61-65-101)110(88-30-12-5-13-31-88)89-32-14-6-15-33-89)96-62-66-102(67-63-96)121-106-43-25-39-100(75-106)113(98-37-23-41-104(73-98)119-71-21-19-69-115-77-108(2)80-117-81-108)94-58-50-85(51-59-94)82-44-52-91(53-45-82)109(86-26-8-3-9-27-86)87-28-10-4-11-29-87/h3-17,22-67,72-75H,18-21,68-71,76-81H2,1-2H3. The van der Waals surface area contributed by atoms with Gasteiger partial charge in [0.2, 0.25) is 0 Å². The first-order chi connectivity index (χ1) is 59.6. The number of ether oxygens (including phenoxy) is 8. The van der Waals surface area contributed by atoms with Crippen molar-refractivity contribution < 1.29 is 37.9 Å². The Morgan fingerprint density at radius 3 is 0.694 bits per heavy atom. The van der Waals surface area contributed by atoms with E-state index < -0.39 is 0 Å². The number of benzene rings is 15. The summed E-state index contributed by atoms with van der Waals surface area (Å²) >= 11 is 0. The van der Waals surface area contributed by atoms with Gasteiger partial charge in [-0.25, -0.2) is 0 Å². The number of hydrogen-bond acceptors (Lipinski definition) is 13. The number of nitrogens with zero attached hydrogens (tertiary/aromatic N) is 5. The first kappa shape index (κ1) is 79.8. The van der Waals surface area contributed by atoms with Crippen molar-refractivity contribution in [2.45, 2.75) is 39.5 Å². The Hall–Kier alpha value is -13.7. The van der Waals surface area contributed by atoms with E-state index in [1.807, 2.05) is 72.8 Å². The van der Waals surface area contributed by atoms with Gasteiger partial charge in [-0.3, -0.25) is 0 Å². The Kier molecular flexibility index (Phi) is 25.3. The highest BCUT2D eigenvalue weighted by Gasteiger charge is 2.34. The second kappa shape index (κ2) is 38.4. The summed E-state index contributed by atoms with van der Waals surface area (Å²) in [6, 6.07) is 137. The van der Waals surface area contributed by atoms with Gasteiger partial charge in [0.15, 0.2) is 0 Å². The van der Waals surface area contributed by atoms with Crippen molar-refractivity contribution in [3.8, 4) is 56.8 Å². The average molecular weight is 1600 g/mol. The molecular weight excluding hydrogens is 1500 g/mol. The molecule has 0 spiro atoms. The lowest BCUT2D eigenvalue weighted by Crippen LogP contribution is -2.43. The largest absolute Gasteiger partial charge is 0.494 e. The summed E-state index contributed by atoms with van der Waals surface area (Å²) in [4.78, 5) is 11.3. The third-order valence-corrected chi connectivity index (χ3v) is 21.8. The lowest BCUT2D eigenvalue weighted by atomic mass is 9.90. The van der Waals surface area contributed by atoms with Crippen molar-refractivity contribution in [3.63, 3.8) is 0 Å². The predicted molar refractivity (Wildman–Crippen MR) is 493 cm³/mol. The van der Waals surface area contributed by atoms with E-state index in [-0.39, 0.29) is 10.8 Å². The van der Waals surface area contributed by atoms with Crippen molar-refractivity contribution >= 4 is 85.3 Å². The van der Waals surface area contributed by atoms with E-state index in [0.29, 0.717) is 51.1 Å². The van der Waals surface area contributed by atoms with Crippen LogP contribution >= 0.6 is 0 Å². The van der Waals surface area contributed by atoms with Crippen molar-refractivity contribution in [1.82, 2.24) is 0 Å². The second-order valence-corrected chi connectivity index (χ2v) is 31.5. The summed E-state index contributed by atoms with van der Waals surface area (Å²) in [6.07, 6.45) is 3.54. The zero-order chi connectivity index (χ0) is 81.8. The summed E-state index contributed by atoms with van der Waals surface area (Å²) in [5.74, 6) is 4.40. The first-order valence-electron chi connectivity index (χ1n) is 41.9. The summed E-state index contributed by atoms with van der Waals surface area (Å²) < 4.78 is 49.5. The van der Waals surface area contributed by atoms with Crippen LogP contribution in [0.1, 0.15) is 39.5 Å². The zero-order valence-electron chi connectivity index (χ0n) is 68.4.